The Morgan fingerprint density at radius 1 is 1.00 bits per heavy atom. The second-order valence-electron chi connectivity index (χ2n) is 6.37. The first-order chi connectivity index (χ1) is 9.49. The van der Waals surface area contributed by atoms with Crippen LogP contribution in [0.1, 0.15) is 65.4 Å². The molecule has 0 bridgehead atoms. The van der Waals surface area contributed by atoms with Gasteiger partial charge in [0.2, 0.25) is 0 Å². The molecule has 114 valence electrons. The molecule has 1 aromatic rings. The Hall–Kier alpha value is -1.18. The summed E-state index contributed by atoms with van der Waals surface area (Å²) in [5.74, 6) is 1.89. The second kappa shape index (κ2) is 8.18. The molecule has 0 aliphatic heterocycles. The number of unbranched alkanes of at least 4 members (excludes halogenated alkanes) is 4. The summed E-state index contributed by atoms with van der Waals surface area (Å²) in [6.07, 6.45) is 6.32. The van der Waals surface area contributed by atoms with Crippen LogP contribution in [0.15, 0.2) is 18.2 Å². The minimum Gasteiger partial charge on any atom is -0.497 e. The van der Waals surface area contributed by atoms with Gasteiger partial charge in [0.05, 0.1) is 13.7 Å². The van der Waals surface area contributed by atoms with Gasteiger partial charge >= 0.3 is 0 Å². The van der Waals surface area contributed by atoms with Gasteiger partial charge in [0.25, 0.3) is 0 Å². The highest BCUT2D eigenvalue weighted by Crippen LogP contribution is 2.34. The minimum atomic E-state index is 0.0616. The van der Waals surface area contributed by atoms with E-state index in [1.54, 1.807) is 7.11 Å². The molecule has 2 heteroatoms. The normalized spacial score (nSPS) is 11.4. The van der Waals surface area contributed by atoms with Crippen LogP contribution in [0.25, 0.3) is 0 Å². The lowest BCUT2D eigenvalue weighted by Crippen LogP contribution is -2.14. The third-order valence-electron chi connectivity index (χ3n) is 3.50. The van der Waals surface area contributed by atoms with Crippen LogP contribution in [-0.2, 0) is 5.41 Å². The molecule has 0 atom stereocenters. The SMILES string of the molecule is CCCCCCCOc1ccc(OC)cc1C(C)(C)C. The summed E-state index contributed by atoms with van der Waals surface area (Å²) in [4.78, 5) is 0. The Morgan fingerprint density at radius 3 is 2.30 bits per heavy atom. The van der Waals surface area contributed by atoms with Crippen LogP contribution in [0.2, 0.25) is 0 Å². The number of ether oxygens (including phenoxy) is 2. The maximum absolute atomic E-state index is 5.99. The van der Waals surface area contributed by atoms with Gasteiger partial charge in [-0.1, -0.05) is 53.4 Å². The highest BCUT2D eigenvalue weighted by Gasteiger charge is 2.19. The van der Waals surface area contributed by atoms with Crippen LogP contribution in [0.3, 0.4) is 0 Å². The number of hydrogen-bond donors (Lipinski definition) is 0. The van der Waals surface area contributed by atoms with Gasteiger partial charge in [-0.05, 0) is 30.0 Å². The molecular formula is C18H30O2. The van der Waals surface area contributed by atoms with E-state index < -0.39 is 0 Å². The number of rotatable bonds is 8. The Kier molecular flexibility index (Phi) is 6.90. The lowest BCUT2D eigenvalue weighted by molar-refractivity contribution is 0.296. The molecular weight excluding hydrogens is 248 g/mol. The molecule has 0 saturated carbocycles. The lowest BCUT2D eigenvalue weighted by Gasteiger charge is -2.23. The van der Waals surface area contributed by atoms with E-state index in [-0.39, 0.29) is 5.41 Å². The number of benzene rings is 1. The molecule has 1 aromatic carbocycles. The summed E-state index contributed by atoms with van der Waals surface area (Å²) in [6.45, 7) is 9.66. The zero-order valence-electron chi connectivity index (χ0n) is 13.8. The Morgan fingerprint density at radius 2 is 1.70 bits per heavy atom. The molecule has 0 fully saturated rings. The Bertz CT molecular complexity index is 391. The van der Waals surface area contributed by atoms with Gasteiger partial charge in [-0.3, -0.25) is 0 Å². The molecule has 0 amide bonds. The molecule has 0 N–H and O–H groups in total. The first-order valence-corrected chi connectivity index (χ1v) is 7.80. The van der Waals surface area contributed by atoms with Crippen molar-refractivity contribution in [3.8, 4) is 11.5 Å². The van der Waals surface area contributed by atoms with E-state index in [1.165, 1.54) is 31.2 Å². The van der Waals surface area contributed by atoms with Gasteiger partial charge < -0.3 is 9.47 Å². The van der Waals surface area contributed by atoms with E-state index in [0.29, 0.717) is 0 Å². The highest BCUT2D eigenvalue weighted by molar-refractivity contribution is 5.44. The molecule has 0 aromatic heterocycles. The van der Waals surface area contributed by atoms with Crippen LogP contribution in [-0.4, -0.2) is 13.7 Å². The predicted octanol–water partition coefficient (Wildman–Crippen LogP) is 5.34. The monoisotopic (exact) mass is 278 g/mol. The van der Waals surface area contributed by atoms with Crippen molar-refractivity contribution in [2.75, 3.05) is 13.7 Å². The fraction of sp³-hybridized carbons (Fsp3) is 0.667. The molecule has 0 aliphatic rings. The summed E-state index contributed by atoms with van der Waals surface area (Å²) in [5.41, 5.74) is 1.27. The molecule has 20 heavy (non-hydrogen) atoms. The fourth-order valence-corrected chi connectivity index (χ4v) is 2.24. The molecule has 0 aliphatic carbocycles. The standard InChI is InChI=1S/C18H30O2/c1-6-7-8-9-10-13-20-17-12-11-15(19-5)14-16(17)18(2,3)4/h11-12,14H,6-10,13H2,1-5H3. The van der Waals surface area contributed by atoms with Crippen molar-refractivity contribution in [3.05, 3.63) is 23.8 Å². The summed E-state index contributed by atoms with van der Waals surface area (Å²) in [5, 5.41) is 0. The van der Waals surface area contributed by atoms with E-state index in [1.807, 2.05) is 12.1 Å². The fourth-order valence-electron chi connectivity index (χ4n) is 2.24. The molecule has 0 spiro atoms. The van der Waals surface area contributed by atoms with Crippen molar-refractivity contribution in [1.82, 2.24) is 0 Å². The van der Waals surface area contributed by atoms with Gasteiger partial charge in [-0.2, -0.15) is 0 Å². The van der Waals surface area contributed by atoms with Crippen molar-refractivity contribution in [3.63, 3.8) is 0 Å². The third kappa shape index (κ3) is 5.44. The number of methoxy groups -OCH3 is 1. The first-order valence-electron chi connectivity index (χ1n) is 7.80. The van der Waals surface area contributed by atoms with Gasteiger partial charge in [-0.15, -0.1) is 0 Å². The molecule has 0 heterocycles. The Labute approximate surface area is 124 Å². The highest BCUT2D eigenvalue weighted by atomic mass is 16.5. The van der Waals surface area contributed by atoms with Crippen molar-refractivity contribution >= 4 is 0 Å². The van der Waals surface area contributed by atoms with Crippen molar-refractivity contribution in [2.45, 2.75) is 65.2 Å². The van der Waals surface area contributed by atoms with Crippen LogP contribution in [0.5, 0.6) is 11.5 Å². The molecule has 1 rings (SSSR count). The Balaban J connectivity index is 2.60. The van der Waals surface area contributed by atoms with E-state index >= 15 is 0 Å². The summed E-state index contributed by atoms with van der Waals surface area (Å²) in [6, 6.07) is 6.10. The average molecular weight is 278 g/mol. The lowest BCUT2D eigenvalue weighted by atomic mass is 9.86. The van der Waals surface area contributed by atoms with Crippen molar-refractivity contribution in [2.24, 2.45) is 0 Å². The van der Waals surface area contributed by atoms with Crippen LogP contribution >= 0.6 is 0 Å². The van der Waals surface area contributed by atoms with E-state index in [4.69, 9.17) is 9.47 Å². The number of hydrogen-bond acceptors (Lipinski definition) is 2. The predicted molar refractivity (Wildman–Crippen MR) is 85.9 cm³/mol. The maximum Gasteiger partial charge on any atom is 0.123 e. The molecule has 0 unspecified atom stereocenters. The zero-order valence-corrected chi connectivity index (χ0v) is 13.8. The van der Waals surface area contributed by atoms with E-state index in [9.17, 15) is 0 Å². The summed E-state index contributed by atoms with van der Waals surface area (Å²) >= 11 is 0. The topological polar surface area (TPSA) is 18.5 Å². The minimum absolute atomic E-state index is 0.0616. The smallest absolute Gasteiger partial charge is 0.123 e. The van der Waals surface area contributed by atoms with Crippen molar-refractivity contribution < 1.29 is 9.47 Å². The third-order valence-corrected chi connectivity index (χ3v) is 3.50. The van der Waals surface area contributed by atoms with Gasteiger partial charge in [-0.25, -0.2) is 0 Å². The van der Waals surface area contributed by atoms with Crippen LogP contribution < -0.4 is 9.47 Å². The maximum atomic E-state index is 5.99. The van der Waals surface area contributed by atoms with Gasteiger partial charge in [0.1, 0.15) is 11.5 Å². The first kappa shape index (κ1) is 16.9. The molecule has 0 saturated heterocycles. The largest absolute Gasteiger partial charge is 0.497 e. The van der Waals surface area contributed by atoms with E-state index in [2.05, 4.69) is 33.8 Å². The van der Waals surface area contributed by atoms with Crippen LogP contribution in [0.4, 0.5) is 0 Å². The molecule has 0 radical (unpaired) electrons. The quantitative estimate of drug-likeness (QED) is 0.597. The van der Waals surface area contributed by atoms with Gasteiger partial charge in [0.15, 0.2) is 0 Å². The summed E-state index contributed by atoms with van der Waals surface area (Å²) < 4.78 is 11.3. The van der Waals surface area contributed by atoms with E-state index in [0.717, 1.165) is 24.5 Å². The van der Waals surface area contributed by atoms with Crippen LogP contribution in [0, 0.1) is 0 Å². The molecule has 2 nitrogen and oxygen atoms in total. The summed E-state index contributed by atoms with van der Waals surface area (Å²) in [7, 11) is 1.70. The van der Waals surface area contributed by atoms with Crippen molar-refractivity contribution in [1.29, 1.82) is 0 Å². The second-order valence-corrected chi connectivity index (χ2v) is 6.37. The zero-order chi connectivity index (χ0) is 15.0. The average Bonchev–Trinajstić information content (AvgIpc) is 2.41. The van der Waals surface area contributed by atoms with Gasteiger partial charge in [0, 0.05) is 5.56 Å².